The molecule has 3 aromatic rings. The Morgan fingerprint density at radius 3 is 2.26 bits per heavy atom. The number of hydrogen-bond acceptors (Lipinski definition) is 3. The van der Waals surface area contributed by atoms with Crippen molar-refractivity contribution < 1.29 is 13.2 Å². The summed E-state index contributed by atoms with van der Waals surface area (Å²) in [4.78, 5) is 12.9. The van der Waals surface area contributed by atoms with Gasteiger partial charge < -0.3 is 5.32 Å². The molecule has 1 aliphatic heterocycles. The minimum atomic E-state index is -3.42. The molecule has 0 atom stereocenters. The van der Waals surface area contributed by atoms with Crippen molar-refractivity contribution in [2.75, 3.05) is 19.6 Å². The maximum atomic E-state index is 12.7. The van der Waals surface area contributed by atoms with Gasteiger partial charge in [0.05, 0.1) is 4.90 Å². The van der Waals surface area contributed by atoms with Crippen molar-refractivity contribution in [3.05, 3.63) is 90.0 Å². The third-order valence-electron chi connectivity index (χ3n) is 5.56. The van der Waals surface area contributed by atoms with E-state index in [1.165, 1.54) is 5.56 Å². The first-order valence-electron chi connectivity index (χ1n) is 10.6. The summed E-state index contributed by atoms with van der Waals surface area (Å²) in [6.45, 7) is 1.74. The second-order valence-electron chi connectivity index (χ2n) is 7.71. The molecule has 5 nitrogen and oxygen atoms in total. The molecule has 6 heteroatoms. The van der Waals surface area contributed by atoms with Crippen molar-refractivity contribution in [2.24, 2.45) is 0 Å². The molecule has 1 heterocycles. The van der Waals surface area contributed by atoms with E-state index in [0.717, 1.165) is 30.4 Å². The first-order chi connectivity index (χ1) is 15.0. The molecule has 1 fully saturated rings. The van der Waals surface area contributed by atoms with Crippen LogP contribution in [-0.4, -0.2) is 38.3 Å². The van der Waals surface area contributed by atoms with Gasteiger partial charge in [-0.3, -0.25) is 4.79 Å². The number of benzene rings is 3. The second kappa shape index (κ2) is 9.45. The Morgan fingerprint density at radius 1 is 0.839 bits per heavy atom. The maximum absolute atomic E-state index is 12.7. The normalized spacial score (nSPS) is 14.5. The van der Waals surface area contributed by atoms with Gasteiger partial charge in [-0.1, -0.05) is 54.6 Å². The van der Waals surface area contributed by atoms with E-state index in [9.17, 15) is 13.2 Å². The topological polar surface area (TPSA) is 66.5 Å². The summed E-state index contributed by atoms with van der Waals surface area (Å²) in [5, 5.41) is 2.96. The van der Waals surface area contributed by atoms with Gasteiger partial charge >= 0.3 is 0 Å². The van der Waals surface area contributed by atoms with Crippen LogP contribution in [0.25, 0.3) is 11.1 Å². The highest BCUT2D eigenvalue weighted by molar-refractivity contribution is 7.89. The predicted octanol–water partition coefficient (Wildman–Crippen LogP) is 4.11. The van der Waals surface area contributed by atoms with E-state index in [1.54, 1.807) is 34.6 Å². The Hall–Kier alpha value is -2.96. The fourth-order valence-corrected chi connectivity index (χ4v) is 5.32. The monoisotopic (exact) mass is 434 g/mol. The summed E-state index contributed by atoms with van der Waals surface area (Å²) in [5.41, 5.74) is 3.51. The Labute approximate surface area is 183 Å². The van der Waals surface area contributed by atoms with Gasteiger partial charge in [-0.25, -0.2) is 8.42 Å². The number of sulfonamides is 1. The number of rotatable bonds is 7. The average Bonchev–Trinajstić information content (AvgIpc) is 3.36. The lowest BCUT2D eigenvalue weighted by Crippen LogP contribution is -2.27. The van der Waals surface area contributed by atoms with Crippen LogP contribution in [-0.2, 0) is 16.4 Å². The van der Waals surface area contributed by atoms with Crippen molar-refractivity contribution in [1.82, 2.24) is 9.62 Å². The van der Waals surface area contributed by atoms with Gasteiger partial charge in [-0.05, 0) is 60.2 Å². The number of amides is 1. The smallest absolute Gasteiger partial charge is 0.251 e. The molecule has 0 bridgehead atoms. The van der Waals surface area contributed by atoms with Crippen LogP contribution in [0.2, 0.25) is 0 Å². The lowest BCUT2D eigenvalue weighted by Gasteiger charge is -2.15. The minimum Gasteiger partial charge on any atom is -0.352 e. The van der Waals surface area contributed by atoms with Crippen LogP contribution in [0.4, 0.5) is 0 Å². The summed E-state index contributed by atoms with van der Waals surface area (Å²) in [6.07, 6.45) is 2.61. The molecule has 1 amide bonds. The standard InChI is InChI=1S/C25H26N2O3S/c28-25(26-16-15-20-7-2-1-3-8-20)23-10-6-9-22(19-23)21-11-13-24(14-12-21)31(29,30)27-17-4-5-18-27/h1-3,6-14,19H,4-5,15-18H2,(H,26,28). The maximum Gasteiger partial charge on any atom is 0.251 e. The van der Waals surface area contributed by atoms with Crippen LogP contribution < -0.4 is 5.32 Å². The van der Waals surface area contributed by atoms with Crippen molar-refractivity contribution in [3.63, 3.8) is 0 Å². The van der Waals surface area contributed by atoms with Crippen LogP contribution in [0.3, 0.4) is 0 Å². The minimum absolute atomic E-state index is 0.119. The molecule has 31 heavy (non-hydrogen) atoms. The summed E-state index contributed by atoms with van der Waals surface area (Å²) in [6, 6.07) is 24.3. The molecular weight excluding hydrogens is 408 g/mol. The molecule has 1 N–H and O–H groups in total. The molecule has 0 unspecified atom stereocenters. The third kappa shape index (κ3) is 5.03. The molecule has 1 aliphatic rings. The van der Waals surface area contributed by atoms with E-state index >= 15 is 0 Å². The van der Waals surface area contributed by atoms with Gasteiger partial charge in [0, 0.05) is 25.2 Å². The van der Waals surface area contributed by atoms with Crippen molar-refractivity contribution in [2.45, 2.75) is 24.2 Å². The summed E-state index contributed by atoms with van der Waals surface area (Å²) in [7, 11) is -3.42. The zero-order valence-electron chi connectivity index (χ0n) is 17.3. The fourth-order valence-electron chi connectivity index (χ4n) is 3.80. The van der Waals surface area contributed by atoms with Gasteiger partial charge in [0.1, 0.15) is 0 Å². The Morgan fingerprint density at radius 2 is 1.55 bits per heavy atom. The van der Waals surface area contributed by atoms with Crippen LogP contribution in [0.15, 0.2) is 83.8 Å². The highest BCUT2D eigenvalue weighted by Gasteiger charge is 2.26. The zero-order chi connectivity index (χ0) is 21.7. The molecule has 0 spiro atoms. The quantitative estimate of drug-likeness (QED) is 0.609. The summed E-state index contributed by atoms with van der Waals surface area (Å²) >= 11 is 0. The first-order valence-corrected chi connectivity index (χ1v) is 12.0. The molecule has 1 saturated heterocycles. The Kier molecular flexibility index (Phi) is 6.49. The lowest BCUT2D eigenvalue weighted by atomic mass is 10.0. The largest absolute Gasteiger partial charge is 0.352 e. The van der Waals surface area contributed by atoms with Crippen molar-refractivity contribution in [1.29, 1.82) is 0 Å². The molecular formula is C25H26N2O3S. The molecule has 0 aromatic heterocycles. The Bertz CT molecular complexity index is 1140. The van der Waals surface area contributed by atoms with E-state index in [0.29, 0.717) is 30.1 Å². The predicted molar refractivity (Wildman–Crippen MR) is 122 cm³/mol. The van der Waals surface area contributed by atoms with Crippen molar-refractivity contribution >= 4 is 15.9 Å². The average molecular weight is 435 g/mol. The van der Waals surface area contributed by atoms with Gasteiger partial charge in [0.25, 0.3) is 5.91 Å². The number of carbonyl (C=O) groups is 1. The van der Waals surface area contributed by atoms with Crippen LogP contribution in [0, 0.1) is 0 Å². The fraction of sp³-hybridized carbons (Fsp3) is 0.240. The number of carbonyl (C=O) groups excluding carboxylic acids is 1. The van der Waals surface area contributed by atoms with E-state index in [2.05, 4.69) is 5.32 Å². The molecule has 0 saturated carbocycles. The van der Waals surface area contributed by atoms with E-state index < -0.39 is 10.0 Å². The van der Waals surface area contributed by atoms with Gasteiger partial charge in [0.2, 0.25) is 10.0 Å². The lowest BCUT2D eigenvalue weighted by molar-refractivity contribution is 0.0954. The molecule has 160 valence electrons. The van der Waals surface area contributed by atoms with E-state index in [-0.39, 0.29) is 5.91 Å². The molecule has 0 aliphatic carbocycles. The second-order valence-corrected chi connectivity index (χ2v) is 9.65. The number of nitrogens with zero attached hydrogens (tertiary/aromatic N) is 1. The van der Waals surface area contributed by atoms with Gasteiger partial charge in [-0.2, -0.15) is 4.31 Å². The number of nitrogens with one attached hydrogen (secondary N) is 1. The molecule has 4 rings (SSSR count). The zero-order valence-corrected chi connectivity index (χ0v) is 18.1. The molecule has 0 radical (unpaired) electrons. The van der Waals surface area contributed by atoms with Crippen molar-refractivity contribution in [3.8, 4) is 11.1 Å². The van der Waals surface area contributed by atoms with Gasteiger partial charge in [-0.15, -0.1) is 0 Å². The van der Waals surface area contributed by atoms with Crippen LogP contribution >= 0.6 is 0 Å². The highest BCUT2D eigenvalue weighted by atomic mass is 32.2. The number of hydrogen-bond donors (Lipinski definition) is 1. The summed E-state index contributed by atoms with van der Waals surface area (Å²) < 4.78 is 26.9. The Balaban J connectivity index is 1.43. The van der Waals surface area contributed by atoms with Crippen LogP contribution in [0.1, 0.15) is 28.8 Å². The SMILES string of the molecule is O=C(NCCc1ccccc1)c1cccc(-c2ccc(S(=O)(=O)N3CCCC3)cc2)c1. The first kappa shape index (κ1) is 21.3. The van der Waals surface area contributed by atoms with Crippen LogP contribution in [0.5, 0.6) is 0 Å². The highest BCUT2D eigenvalue weighted by Crippen LogP contribution is 2.25. The third-order valence-corrected chi connectivity index (χ3v) is 7.47. The van der Waals surface area contributed by atoms with Gasteiger partial charge in [0.15, 0.2) is 0 Å². The van der Waals surface area contributed by atoms with E-state index in [4.69, 9.17) is 0 Å². The van der Waals surface area contributed by atoms with E-state index in [1.807, 2.05) is 48.5 Å². The molecule has 3 aromatic carbocycles. The summed E-state index contributed by atoms with van der Waals surface area (Å²) in [5.74, 6) is -0.119.